The van der Waals surface area contributed by atoms with Gasteiger partial charge in [-0.2, -0.15) is 5.26 Å². The molecule has 1 aromatic heterocycles. The predicted molar refractivity (Wildman–Crippen MR) is 74.4 cm³/mol. The van der Waals surface area contributed by atoms with Gasteiger partial charge in [-0.3, -0.25) is 4.79 Å². The summed E-state index contributed by atoms with van der Waals surface area (Å²) in [5.74, 6) is -0.829. The van der Waals surface area contributed by atoms with E-state index in [0.29, 0.717) is 0 Å². The van der Waals surface area contributed by atoms with Crippen LogP contribution < -0.4 is 5.32 Å². The molecule has 18 heavy (non-hydrogen) atoms. The van der Waals surface area contributed by atoms with Gasteiger partial charge in [0.2, 0.25) is 5.91 Å². The van der Waals surface area contributed by atoms with Gasteiger partial charge in [0.25, 0.3) is 0 Å². The fourth-order valence-corrected chi connectivity index (χ4v) is 2.55. The zero-order chi connectivity index (χ0) is 13.1. The van der Waals surface area contributed by atoms with Crippen molar-refractivity contribution in [2.75, 3.05) is 5.32 Å². The van der Waals surface area contributed by atoms with Gasteiger partial charge < -0.3 is 5.32 Å². The van der Waals surface area contributed by atoms with Crippen LogP contribution in [0, 0.1) is 23.2 Å². The maximum absolute atomic E-state index is 11.9. The molecule has 0 spiro atoms. The molecule has 92 valence electrons. The van der Waals surface area contributed by atoms with Gasteiger partial charge >= 0.3 is 0 Å². The second-order valence-corrected chi connectivity index (χ2v) is 5.46. The first-order chi connectivity index (χ1) is 8.61. The zero-order valence-electron chi connectivity index (χ0n) is 10.3. The lowest BCUT2D eigenvalue weighted by Gasteiger charge is -2.13. The Kier molecular flexibility index (Phi) is 3.63. The Balaban J connectivity index is 2.18. The number of thiophene rings is 1. The van der Waals surface area contributed by atoms with E-state index in [-0.39, 0.29) is 11.8 Å². The predicted octanol–water partition coefficient (Wildman–Crippen LogP) is 3.64. The molecule has 1 aromatic carbocycles. The van der Waals surface area contributed by atoms with E-state index >= 15 is 0 Å². The van der Waals surface area contributed by atoms with Crippen LogP contribution in [0.15, 0.2) is 29.6 Å². The van der Waals surface area contributed by atoms with Gasteiger partial charge in [-0.05, 0) is 40.9 Å². The second-order valence-electron chi connectivity index (χ2n) is 4.51. The molecular weight excluding hydrogens is 244 g/mol. The minimum Gasteiger partial charge on any atom is -0.325 e. The number of carbonyl (C=O) groups is 1. The molecule has 0 aliphatic rings. The molecule has 1 atom stereocenters. The lowest BCUT2D eigenvalue weighted by Crippen LogP contribution is -2.25. The molecule has 0 aliphatic carbocycles. The summed E-state index contributed by atoms with van der Waals surface area (Å²) >= 11 is 1.67. The molecule has 0 radical (unpaired) electrons. The number of hydrogen-bond donors (Lipinski definition) is 1. The summed E-state index contributed by atoms with van der Waals surface area (Å²) < 4.78 is 1.19. The summed E-state index contributed by atoms with van der Waals surface area (Å²) in [5, 5.41) is 14.9. The largest absolute Gasteiger partial charge is 0.325 e. The van der Waals surface area contributed by atoms with Crippen molar-refractivity contribution in [3.8, 4) is 6.07 Å². The second kappa shape index (κ2) is 5.19. The molecule has 0 saturated carbocycles. The van der Waals surface area contributed by atoms with Gasteiger partial charge in [0.15, 0.2) is 0 Å². The summed E-state index contributed by atoms with van der Waals surface area (Å²) in [4.78, 5) is 11.9. The van der Waals surface area contributed by atoms with Gasteiger partial charge in [-0.15, -0.1) is 11.3 Å². The Morgan fingerprint density at radius 3 is 2.83 bits per heavy atom. The molecule has 1 N–H and O–H groups in total. The molecule has 2 aromatic rings. The van der Waals surface area contributed by atoms with Crippen LogP contribution >= 0.6 is 11.3 Å². The molecular formula is C14H14N2OS. The minimum atomic E-state index is -0.608. The normalized spacial score (nSPS) is 12.3. The molecule has 0 fully saturated rings. The molecule has 1 unspecified atom stereocenters. The van der Waals surface area contributed by atoms with Crippen molar-refractivity contribution in [1.29, 1.82) is 5.26 Å². The summed E-state index contributed by atoms with van der Waals surface area (Å²) in [6.45, 7) is 3.74. The summed E-state index contributed by atoms with van der Waals surface area (Å²) in [5.41, 5.74) is 0.742. The Bertz CT molecular complexity index is 610. The van der Waals surface area contributed by atoms with Crippen molar-refractivity contribution in [2.45, 2.75) is 13.8 Å². The topological polar surface area (TPSA) is 52.9 Å². The molecule has 3 nitrogen and oxygen atoms in total. The van der Waals surface area contributed by atoms with Crippen molar-refractivity contribution >= 4 is 33.0 Å². The van der Waals surface area contributed by atoms with Crippen LogP contribution in [-0.2, 0) is 4.79 Å². The number of fused-ring (bicyclic) bond motifs is 1. The first-order valence-corrected chi connectivity index (χ1v) is 6.67. The van der Waals surface area contributed by atoms with Gasteiger partial charge in [-0.1, -0.05) is 13.8 Å². The first-order valence-electron chi connectivity index (χ1n) is 5.79. The van der Waals surface area contributed by atoms with Crippen molar-refractivity contribution in [1.82, 2.24) is 0 Å². The highest BCUT2D eigenvalue weighted by molar-refractivity contribution is 7.17. The lowest BCUT2D eigenvalue weighted by molar-refractivity contribution is -0.119. The van der Waals surface area contributed by atoms with Crippen LogP contribution in [0.25, 0.3) is 10.1 Å². The lowest BCUT2D eigenvalue weighted by atomic mass is 9.96. The van der Waals surface area contributed by atoms with Crippen molar-refractivity contribution in [2.24, 2.45) is 11.8 Å². The average Bonchev–Trinajstić information content (AvgIpc) is 2.76. The third kappa shape index (κ3) is 2.52. The number of carbonyl (C=O) groups excluding carboxylic acids is 1. The van der Waals surface area contributed by atoms with E-state index in [2.05, 4.69) is 5.32 Å². The van der Waals surface area contributed by atoms with Gasteiger partial charge in [0.1, 0.15) is 5.92 Å². The van der Waals surface area contributed by atoms with Crippen molar-refractivity contribution < 1.29 is 4.79 Å². The number of amides is 1. The minimum absolute atomic E-state index is 0.0138. The van der Waals surface area contributed by atoms with Crippen molar-refractivity contribution in [3.05, 3.63) is 29.6 Å². The fourth-order valence-electron chi connectivity index (χ4n) is 1.77. The first kappa shape index (κ1) is 12.6. The van der Waals surface area contributed by atoms with Crippen LogP contribution in [0.2, 0.25) is 0 Å². The average molecular weight is 258 g/mol. The number of nitriles is 1. The monoisotopic (exact) mass is 258 g/mol. The maximum Gasteiger partial charge on any atom is 0.241 e. The van der Waals surface area contributed by atoms with E-state index in [1.54, 1.807) is 11.3 Å². The fraction of sp³-hybridized carbons (Fsp3) is 0.286. The molecule has 0 saturated heterocycles. The number of anilines is 1. The van der Waals surface area contributed by atoms with Crippen LogP contribution in [0.5, 0.6) is 0 Å². The van der Waals surface area contributed by atoms with E-state index in [0.717, 1.165) is 11.1 Å². The highest BCUT2D eigenvalue weighted by atomic mass is 32.1. The highest BCUT2D eigenvalue weighted by Crippen LogP contribution is 2.24. The Hall–Kier alpha value is -1.86. The number of rotatable bonds is 3. The molecule has 4 heteroatoms. The highest BCUT2D eigenvalue weighted by Gasteiger charge is 2.21. The van der Waals surface area contributed by atoms with Crippen LogP contribution in [0.3, 0.4) is 0 Å². The van der Waals surface area contributed by atoms with Crippen LogP contribution in [0.1, 0.15) is 13.8 Å². The Labute approximate surface area is 110 Å². The molecule has 0 bridgehead atoms. The maximum atomic E-state index is 11.9. The van der Waals surface area contributed by atoms with Crippen molar-refractivity contribution in [3.63, 3.8) is 0 Å². The quantitative estimate of drug-likeness (QED) is 0.913. The van der Waals surface area contributed by atoms with Crippen LogP contribution in [0.4, 0.5) is 5.69 Å². The van der Waals surface area contributed by atoms with Gasteiger partial charge in [-0.25, -0.2) is 0 Å². The number of benzene rings is 1. The summed E-state index contributed by atoms with van der Waals surface area (Å²) in [7, 11) is 0. The van der Waals surface area contributed by atoms with E-state index < -0.39 is 5.92 Å². The number of nitrogens with zero attached hydrogens (tertiary/aromatic N) is 1. The molecule has 1 heterocycles. The van der Waals surface area contributed by atoms with E-state index in [9.17, 15) is 4.79 Å². The van der Waals surface area contributed by atoms with Gasteiger partial charge in [0.05, 0.1) is 6.07 Å². The third-order valence-corrected chi connectivity index (χ3v) is 3.71. The molecule has 0 aliphatic heterocycles. The van der Waals surface area contributed by atoms with Gasteiger partial charge in [0, 0.05) is 10.4 Å². The summed E-state index contributed by atoms with van der Waals surface area (Å²) in [6, 6.07) is 9.83. The van der Waals surface area contributed by atoms with E-state index in [1.165, 1.54) is 4.70 Å². The van der Waals surface area contributed by atoms with Crippen LogP contribution in [-0.4, -0.2) is 5.91 Å². The number of nitrogens with one attached hydrogen (secondary N) is 1. The van der Waals surface area contributed by atoms with E-state index in [4.69, 9.17) is 5.26 Å². The van der Waals surface area contributed by atoms with E-state index in [1.807, 2.05) is 49.6 Å². The SMILES string of the molecule is CC(C)C(C#N)C(=O)Nc1ccc2sccc2c1. The Morgan fingerprint density at radius 2 is 2.17 bits per heavy atom. The standard InChI is InChI=1S/C14H14N2OS/c1-9(2)12(8-15)14(17)16-11-3-4-13-10(7-11)5-6-18-13/h3-7,9,12H,1-2H3,(H,16,17). The summed E-state index contributed by atoms with van der Waals surface area (Å²) in [6.07, 6.45) is 0. The zero-order valence-corrected chi connectivity index (χ0v) is 11.1. The number of hydrogen-bond acceptors (Lipinski definition) is 3. The Morgan fingerprint density at radius 1 is 1.39 bits per heavy atom. The molecule has 2 rings (SSSR count). The smallest absolute Gasteiger partial charge is 0.241 e. The third-order valence-electron chi connectivity index (χ3n) is 2.81. The molecule has 1 amide bonds.